The van der Waals surface area contributed by atoms with Crippen LogP contribution in [0.3, 0.4) is 0 Å². The fourth-order valence-electron chi connectivity index (χ4n) is 1.61. The Morgan fingerprint density at radius 3 is 2.65 bits per heavy atom. The number of amides is 1. The lowest BCUT2D eigenvalue weighted by molar-refractivity contribution is 0.102. The predicted octanol–water partition coefficient (Wildman–Crippen LogP) is 2.98. The summed E-state index contributed by atoms with van der Waals surface area (Å²) >= 11 is 3.25. The first-order chi connectivity index (χ1) is 9.51. The average Bonchev–Trinajstić information content (AvgIpc) is 2.41. The molecule has 0 fully saturated rings. The maximum absolute atomic E-state index is 12.1. The van der Waals surface area contributed by atoms with Crippen LogP contribution < -0.4 is 5.32 Å². The van der Waals surface area contributed by atoms with E-state index in [1.54, 1.807) is 18.2 Å². The summed E-state index contributed by atoms with van der Waals surface area (Å²) in [6.07, 6.45) is 0. The van der Waals surface area contributed by atoms with E-state index in [0.29, 0.717) is 15.7 Å². The standard InChI is InChI=1S/C14H9BrN2O3/c15-9-2-1-8(7-16)12(5-9)17-14(20)11-6-10(18)3-4-13(11)19/h1-6,18-19H,(H,17,20). The number of carbonyl (C=O) groups is 1. The highest BCUT2D eigenvalue weighted by molar-refractivity contribution is 9.10. The van der Waals surface area contributed by atoms with Gasteiger partial charge in [0, 0.05) is 4.47 Å². The van der Waals surface area contributed by atoms with E-state index < -0.39 is 5.91 Å². The molecule has 0 radical (unpaired) electrons. The second-order valence-corrected chi connectivity index (χ2v) is 4.87. The molecular formula is C14H9BrN2O3. The summed E-state index contributed by atoms with van der Waals surface area (Å²) in [6.45, 7) is 0. The topological polar surface area (TPSA) is 93.4 Å². The summed E-state index contributed by atoms with van der Waals surface area (Å²) in [5, 5.41) is 30.5. The van der Waals surface area contributed by atoms with E-state index in [-0.39, 0.29) is 17.1 Å². The van der Waals surface area contributed by atoms with E-state index >= 15 is 0 Å². The maximum Gasteiger partial charge on any atom is 0.259 e. The van der Waals surface area contributed by atoms with Gasteiger partial charge in [-0.05, 0) is 36.4 Å². The fourth-order valence-corrected chi connectivity index (χ4v) is 1.97. The smallest absolute Gasteiger partial charge is 0.259 e. The third-order valence-electron chi connectivity index (χ3n) is 2.58. The first kappa shape index (κ1) is 13.9. The SMILES string of the molecule is N#Cc1ccc(Br)cc1NC(=O)c1cc(O)ccc1O. The zero-order chi connectivity index (χ0) is 14.7. The number of anilines is 1. The van der Waals surface area contributed by atoms with Gasteiger partial charge in [-0.3, -0.25) is 4.79 Å². The van der Waals surface area contributed by atoms with Crippen LogP contribution in [0.2, 0.25) is 0 Å². The third-order valence-corrected chi connectivity index (χ3v) is 3.07. The van der Waals surface area contributed by atoms with Crippen molar-refractivity contribution in [1.29, 1.82) is 5.26 Å². The molecule has 2 aromatic rings. The Balaban J connectivity index is 2.35. The van der Waals surface area contributed by atoms with E-state index in [4.69, 9.17) is 5.26 Å². The van der Waals surface area contributed by atoms with Crippen LogP contribution in [-0.2, 0) is 0 Å². The van der Waals surface area contributed by atoms with Crippen molar-refractivity contribution in [3.05, 3.63) is 52.0 Å². The van der Waals surface area contributed by atoms with Gasteiger partial charge in [0.05, 0.1) is 16.8 Å². The lowest BCUT2D eigenvalue weighted by Gasteiger charge is -2.09. The Kier molecular flexibility index (Phi) is 3.91. The van der Waals surface area contributed by atoms with Crippen molar-refractivity contribution in [2.24, 2.45) is 0 Å². The number of aromatic hydroxyl groups is 2. The number of nitrogens with zero attached hydrogens (tertiary/aromatic N) is 1. The van der Waals surface area contributed by atoms with Gasteiger partial charge in [-0.25, -0.2) is 0 Å². The lowest BCUT2D eigenvalue weighted by Crippen LogP contribution is -2.13. The predicted molar refractivity (Wildman–Crippen MR) is 76.6 cm³/mol. The molecule has 20 heavy (non-hydrogen) atoms. The van der Waals surface area contributed by atoms with Crippen molar-refractivity contribution in [2.45, 2.75) is 0 Å². The number of phenols is 2. The summed E-state index contributed by atoms with van der Waals surface area (Å²) in [5.74, 6) is -1.01. The average molecular weight is 333 g/mol. The van der Waals surface area contributed by atoms with Gasteiger partial charge in [-0.2, -0.15) is 5.26 Å². The molecule has 3 N–H and O–H groups in total. The number of benzene rings is 2. The molecule has 0 aliphatic rings. The van der Waals surface area contributed by atoms with Crippen molar-refractivity contribution in [3.63, 3.8) is 0 Å². The number of hydrogen-bond donors (Lipinski definition) is 3. The van der Waals surface area contributed by atoms with Gasteiger partial charge in [0.25, 0.3) is 5.91 Å². The Hall–Kier alpha value is -2.52. The number of carbonyl (C=O) groups excluding carboxylic acids is 1. The zero-order valence-corrected chi connectivity index (χ0v) is 11.7. The minimum Gasteiger partial charge on any atom is -0.508 e. The molecule has 2 rings (SSSR count). The minimum absolute atomic E-state index is 0.0751. The maximum atomic E-state index is 12.1. The molecule has 5 nitrogen and oxygen atoms in total. The molecule has 0 aliphatic carbocycles. The highest BCUT2D eigenvalue weighted by Gasteiger charge is 2.14. The van der Waals surface area contributed by atoms with Crippen molar-refractivity contribution >= 4 is 27.5 Å². The molecule has 2 aromatic carbocycles. The molecule has 0 unspecified atom stereocenters. The molecule has 0 bridgehead atoms. The van der Waals surface area contributed by atoms with Crippen LogP contribution in [0.4, 0.5) is 5.69 Å². The monoisotopic (exact) mass is 332 g/mol. The Morgan fingerprint density at radius 1 is 1.20 bits per heavy atom. The van der Waals surface area contributed by atoms with Crippen LogP contribution in [0.15, 0.2) is 40.9 Å². The van der Waals surface area contributed by atoms with Crippen molar-refractivity contribution in [3.8, 4) is 17.6 Å². The zero-order valence-electron chi connectivity index (χ0n) is 10.1. The first-order valence-electron chi connectivity index (χ1n) is 5.54. The van der Waals surface area contributed by atoms with Gasteiger partial charge in [-0.1, -0.05) is 15.9 Å². The largest absolute Gasteiger partial charge is 0.508 e. The Bertz CT molecular complexity index is 723. The Labute approximate surface area is 123 Å². The van der Waals surface area contributed by atoms with Gasteiger partial charge in [-0.15, -0.1) is 0 Å². The molecular weight excluding hydrogens is 324 g/mol. The highest BCUT2D eigenvalue weighted by atomic mass is 79.9. The van der Waals surface area contributed by atoms with Gasteiger partial charge in [0.2, 0.25) is 0 Å². The molecule has 100 valence electrons. The van der Waals surface area contributed by atoms with Crippen LogP contribution in [0, 0.1) is 11.3 Å². The number of rotatable bonds is 2. The van der Waals surface area contributed by atoms with Crippen molar-refractivity contribution in [1.82, 2.24) is 0 Å². The summed E-state index contributed by atoms with van der Waals surface area (Å²) in [6, 6.07) is 10.4. The van der Waals surface area contributed by atoms with Crippen LogP contribution in [-0.4, -0.2) is 16.1 Å². The van der Waals surface area contributed by atoms with E-state index in [0.717, 1.165) is 6.07 Å². The fraction of sp³-hybridized carbons (Fsp3) is 0. The van der Waals surface area contributed by atoms with Crippen LogP contribution in [0.25, 0.3) is 0 Å². The van der Waals surface area contributed by atoms with E-state index in [1.807, 2.05) is 6.07 Å². The second-order valence-electron chi connectivity index (χ2n) is 3.96. The number of phenolic OH excluding ortho intramolecular Hbond substituents is 2. The molecule has 6 heteroatoms. The van der Waals surface area contributed by atoms with E-state index in [1.165, 1.54) is 12.1 Å². The van der Waals surface area contributed by atoms with Crippen molar-refractivity contribution in [2.75, 3.05) is 5.32 Å². The molecule has 0 heterocycles. The molecule has 0 aliphatic heterocycles. The number of nitrogens with one attached hydrogen (secondary N) is 1. The van der Waals surface area contributed by atoms with E-state index in [9.17, 15) is 15.0 Å². The van der Waals surface area contributed by atoms with E-state index in [2.05, 4.69) is 21.2 Å². The molecule has 1 amide bonds. The highest BCUT2D eigenvalue weighted by Crippen LogP contribution is 2.25. The minimum atomic E-state index is -0.618. The Morgan fingerprint density at radius 2 is 1.95 bits per heavy atom. The summed E-state index contributed by atoms with van der Waals surface area (Å²) in [5.41, 5.74) is 0.532. The normalized spacial score (nSPS) is 9.80. The molecule has 0 spiro atoms. The molecule has 0 atom stereocenters. The molecule has 0 saturated heterocycles. The van der Waals surface area contributed by atoms with Crippen LogP contribution >= 0.6 is 15.9 Å². The summed E-state index contributed by atoms with van der Waals surface area (Å²) in [7, 11) is 0. The lowest BCUT2D eigenvalue weighted by atomic mass is 10.1. The van der Waals surface area contributed by atoms with Gasteiger partial charge < -0.3 is 15.5 Å². The third kappa shape index (κ3) is 2.90. The van der Waals surface area contributed by atoms with Crippen LogP contribution in [0.1, 0.15) is 15.9 Å². The molecule has 0 aromatic heterocycles. The summed E-state index contributed by atoms with van der Waals surface area (Å²) < 4.78 is 0.701. The quantitative estimate of drug-likeness (QED) is 0.737. The second kappa shape index (κ2) is 5.63. The van der Waals surface area contributed by atoms with Gasteiger partial charge in [0.1, 0.15) is 17.6 Å². The number of halogens is 1. The first-order valence-corrected chi connectivity index (χ1v) is 6.33. The molecule has 0 saturated carbocycles. The number of hydrogen-bond acceptors (Lipinski definition) is 4. The summed E-state index contributed by atoms with van der Waals surface area (Å²) in [4.78, 5) is 12.1. The van der Waals surface area contributed by atoms with Crippen LogP contribution in [0.5, 0.6) is 11.5 Å². The van der Waals surface area contributed by atoms with Gasteiger partial charge >= 0.3 is 0 Å². The van der Waals surface area contributed by atoms with Crippen molar-refractivity contribution < 1.29 is 15.0 Å². The van der Waals surface area contributed by atoms with Gasteiger partial charge in [0.15, 0.2) is 0 Å². The number of nitriles is 1.